The van der Waals surface area contributed by atoms with Crippen molar-refractivity contribution in [1.29, 1.82) is 0 Å². The van der Waals surface area contributed by atoms with Crippen molar-refractivity contribution >= 4 is 17.3 Å². The molecule has 0 bridgehead atoms. The van der Waals surface area contributed by atoms with Crippen LogP contribution >= 0.6 is 0 Å². The third kappa shape index (κ3) is 2.89. The maximum absolute atomic E-state index is 14.7. The number of anilines is 2. The van der Waals surface area contributed by atoms with Crippen LogP contribution in [0, 0.1) is 5.82 Å². The zero-order valence-corrected chi connectivity index (χ0v) is 13.3. The molecule has 1 amide bonds. The van der Waals surface area contributed by atoms with E-state index in [-0.39, 0.29) is 29.8 Å². The number of hydrogen-bond acceptors (Lipinski definition) is 3. The quantitative estimate of drug-likeness (QED) is 0.627. The molecule has 4 N–H and O–H groups in total. The number of nitrogens with two attached hydrogens (primary N) is 2. The van der Waals surface area contributed by atoms with Crippen molar-refractivity contribution in [1.82, 2.24) is 4.90 Å². The monoisotopic (exact) mass is 363 g/mol. The maximum atomic E-state index is 14.7. The molecule has 138 valence electrons. The fourth-order valence-corrected chi connectivity index (χ4v) is 3.58. The van der Waals surface area contributed by atoms with Crippen LogP contribution in [0.25, 0.3) is 0 Å². The molecule has 0 radical (unpaired) electrons. The van der Waals surface area contributed by atoms with Gasteiger partial charge in [-0.2, -0.15) is 0 Å². The molecule has 1 aliphatic heterocycles. The Morgan fingerprint density at radius 3 is 2.04 bits per heavy atom. The second-order valence-electron chi connectivity index (χ2n) is 6.89. The molecule has 0 atom stereocenters. The minimum absolute atomic E-state index is 0.0412. The predicted molar refractivity (Wildman–Crippen MR) is 81.8 cm³/mol. The molecule has 2 aliphatic rings. The molecule has 0 aromatic heterocycles. The van der Waals surface area contributed by atoms with Crippen molar-refractivity contribution in [2.75, 3.05) is 24.6 Å². The number of alkyl halides is 4. The topological polar surface area (TPSA) is 72.4 Å². The van der Waals surface area contributed by atoms with Gasteiger partial charge < -0.3 is 16.4 Å². The first kappa shape index (κ1) is 17.8. The van der Waals surface area contributed by atoms with Gasteiger partial charge in [0.15, 0.2) is 5.82 Å². The average Bonchev–Trinajstić information content (AvgIpc) is 2.51. The molecule has 1 saturated carbocycles. The van der Waals surface area contributed by atoms with Crippen molar-refractivity contribution < 1.29 is 26.7 Å². The van der Waals surface area contributed by atoms with Crippen LogP contribution in [0.15, 0.2) is 12.1 Å². The van der Waals surface area contributed by atoms with Crippen LogP contribution in [0.2, 0.25) is 0 Å². The Morgan fingerprint density at radius 2 is 1.52 bits per heavy atom. The standard InChI is InChI=1S/C16H18F5N3O/c17-11-9(1-2-10(22)12(11)23)14(3-5-15(18,19)6-4-14)13(25)24-7-16(20,21)8-24/h1-2H,3-8,22-23H2. The summed E-state index contributed by atoms with van der Waals surface area (Å²) in [7, 11) is 0. The third-order valence-corrected chi connectivity index (χ3v) is 5.11. The molecule has 1 aromatic carbocycles. The predicted octanol–water partition coefficient (Wildman–Crippen LogP) is 2.91. The number of nitrogen functional groups attached to an aromatic ring is 2. The number of amides is 1. The van der Waals surface area contributed by atoms with Crippen LogP contribution in [0.5, 0.6) is 0 Å². The summed E-state index contributed by atoms with van der Waals surface area (Å²) in [4.78, 5) is 13.7. The van der Waals surface area contributed by atoms with E-state index in [0.29, 0.717) is 0 Å². The fourth-order valence-electron chi connectivity index (χ4n) is 3.58. The lowest BCUT2D eigenvalue weighted by molar-refractivity contribution is -0.175. The smallest absolute Gasteiger partial charge is 0.282 e. The van der Waals surface area contributed by atoms with Gasteiger partial charge >= 0.3 is 0 Å². The normalized spacial score (nSPS) is 23.8. The number of likely N-dealkylation sites (tertiary alicyclic amines) is 1. The summed E-state index contributed by atoms with van der Waals surface area (Å²) >= 11 is 0. The first-order valence-electron chi connectivity index (χ1n) is 7.86. The van der Waals surface area contributed by atoms with Crippen molar-refractivity contribution in [3.05, 3.63) is 23.5 Å². The summed E-state index contributed by atoms with van der Waals surface area (Å²) in [5, 5.41) is 0. The molecule has 2 fully saturated rings. The molecule has 1 saturated heterocycles. The highest BCUT2D eigenvalue weighted by molar-refractivity contribution is 5.90. The average molecular weight is 363 g/mol. The number of halogens is 5. The SMILES string of the molecule is Nc1ccc(C2(C(=O)N3CC(F)(F)C3)CCC(F)(F)CC2)c(F)c1N. The Labute approximate surface area is 140 Å². The molecular formula is C16H18F5N3O. The van der Waals surface area contributed by atoms with E-state index in [2.05, 4.69) is 0 Å². The molecular weight excluding hydrogens is 345 g/mol. The summed E-state index contributed by atoms with van der Waals surface area (Å²) in [5.41, 5.74) is 8.90. The number of carbonyl (C=O) groups is 1. The van der Waals surface area contributed by atoms with Crippen LogP contribution < -0.4 is 11.5 Å². The Balaban J connectivity index is 2.02. The highest BCUT2D eigenvalue weighted by Crippen LogP contribution is 2.49. The van der Waals surface area contributed by atoms with Gasteiger partial charge in [-0.05, 0) is 18.9 Å². The number of rotatable bonds is 2. The summed E-state index contributed by atoms with van der Waals surface area (Å²) in [6.45, 7) is -1.59. The van der Waals surface area contributed by atoms with E-state index in [1.54, 1.807) is 0 Å². The van der Waals surface area contributed by atoms with Gasteiger partial charge in [-0.3, -0.25) is 4.79 Å². The molecule has 0 spiro atoms. The zero-order valence-electron chi connectivity index (χ0n) is 13.3. The number of nitrogens with zero attached hydrogens (tertiary/aromatic N) is 1. The van der Waals surface area contributed by atoms with E-state index in [4.69, 9.17) is 11.5 Å². The molecule has 1 heterocycles. The lowest BCUT2D eigenvalue weighted by Crippen LogP contribution is -2.63. The Kier molecular flexibility index (Phi) is 3.88. The number of hydrogen-bond donors (Lipinski definition) is 2. The van der Waals surface area contributed by atoms with Crippen molar-refractivity contribution in [2.45, 2.75) is 42.9 Å². The Morgan fingerprint density at radius 1 is 0.960 bits per heavy atom. The van der Waals surface area contributed by atoms with Crippen LogP contribution in [-0.2, 0) is 10.2 Å². The van der Waals surface area contributed by atoms with Gasteiger partial charge in [0.25, 0.3) is 5.92 Å². The molecule has 25 heavy (non-hydrogen) atoms. The number of benzene rings is 1. The summed E-state index contributed by atoms with van der Waals surface area (Å²) in [6.07, 6.45) is -1.96. The van der Waals surface area contributed by atoms with Gasteiger partial charge in [0.05, 0.1) is 29.9 Å². The van der Waals surface area contributed by atoms with E-state index < -0.39 is 54.9 Å². The van der Waals surface area contributed by atoms with Crippen LogP contribution in [0.3, 0.4) is 0 Å². The highest BCUT2D eigenvalue weighted by Gasteiger charge is 2.56. The summed E-state index contributed by atoms with van der Waals surface area (Å²) < 4.78 is 68.2. The largest absolute Gasteiger partial charge is 0.397 e. The number of carbonyl (C=O) groups excluding carboxylic acids is 1. The van der Waals surface area contributed by atoms with E-state index in [1.165, 1.54) is 12.1 Å². The van der Waals surface area contributed by atoms with Gasteiger partial charge in [0.2, 0.25) is 11.8 Å². The van der Waals surface area contributed by atoms with Gasteiger partial charge in [0.1, 0.15) is 0 Å². The minimum atomic E-state index is -3.01. The fraction of sp³-hybridized carbons (Fsp3) is 0.562. The van der Waals surface area contributed by atoms with Crippen molar-refractivity contribution in [3.8, 4) is 0 Å². The third-order valence-electron chi connectivity index (χ3n) is 5.11. The first-order chi connectivity index (χ1) is 11.5. The molecule has 0 unspecified atom stereocenters. The van der Waals surface area contributed by atoms with E-state index in [0.717, 1.165) is 4.90 Å². The van der Waals surface area contributed by atoms with E-state index in [1.807, 2.05) is 0 Å². The van der Waals surface area contributed by atoms with E-state index >= 15 is 0 Å². The van der Waals surface area contributed by atoms with Gasteiger partial charge in [-0.25, -0.2) is 22.0 Å². The van der Waals surface area contributed by atoms with Crippen LogP contribution in [0.1, 0.15) is 31.2 Å². The lowest BCUT2D eigenvalue weighted by atomic mass is 9.66. The van der Waals surface area contributed by atoms with Crippen LogP contribution in [0.4, 0.5) is 33.3 Å². The molecule has 3 rings (SSSR count). The summed E-state index contributed by atoms with van der Waals surface area (Å²) in [5.74, 6) is -7.70. The Bertz CT molecular complexity index is 704. The molecule has 4 nitrogen and oxygen atoms in total. The van der Waals surface area contributed by atoms with Crippen molar-refractivity contribution in [2.24, 2.45) is 0 Å². The Hall–Kier alpha value is -2.06. The lowest BCUT2D eigenvalue weighted by Gasteiger charge is -2.47. The highest BCUT2D eigenvalue weighted by atomic mass is 19.3. The molecule has 1 aromatic rings. The van der Waals surface area contributed by atoms with Crippen molar-refractivity contribution in [3.63, 3.8) is 0 Å². The molecule has 9 heteroatoms. The zero-order chi connectivity index (χ0) is 18.6. The second kappa shape index (κ2) is 5.47. The maximum Gasteiger partial charge on any atom is 0.282 e. The summed E-state index contributed by atoms with van der Waals surface area (Å²) in [6, 6.07) is 2.53. The van der Waals surface area contributed by atoms with E-state index in [9.17, 15) is 26.7 Å². The van der Waals surface area contributed by atoms with Gasteiger partial charge in [0, 0.05) is 18.4 Å². The van der Waals surface area contributed by atoms with Gasteiger partial charge in [-0.1, -0.05) is 6.07 Å². The molecule has 1 aliphatic carbocycles. The second-order valence-corrected chi connectivity index (χ2v) is 6.89. The van der Waals surface area contributed by atoms with Gasteiger partial charge in [-0.15, -0.1) is 0 Å². The van der Waals surface area contributed by atoms with Crippen LogP contribution in [-0.4, -0.2) is 35.7 Å². The first-order valence-corrected chi connectivity index (χ1v) is 7.86. The minimum Gasteiger partial charge on any atom is -0.397 e.